The second-order valence-corrected chi connectivity index (χ2v) is 8.32. The van der Waals surface area contributed by atoms with E-state index in [1.54, 1.807) is 0 Å². The lowest BCUT2D eigenvalue weighted by atomic mass is 9.98. The first-order chi connectivity index (χ1) is 16.0. The summed E-state index contributed by atoms with van der Waals surface area (Å²) in [6.07, 6.45) is -0.963. The van der Waals surface area contributed by atoms with E-state index in [4.69, 9.17) is 14.6 Å². The van der Waals surface area contributed by atoms with Crippen LogP contribution in [-0.4, -0.2) is 66.4 Å². The van der Waals surface area contributed by atoms with E-state index in [0.717, 1.165) is 22.3 Å². The Labute approximate surface area is 192 Å². The number of benzene rings is 2. The maximum atomic E-state index is 12.6. The fourth-order valence-electron chi connectivity index (χ4n) is 4.47. The molecule has 1 fully saturated rings. The maximum absolute atomic E-state index is 12.6. The Morgan fingerprint density at radius 3 is 2.36 bits per heavy atom. The third-order valence-corrected chi connectivity index (χ3v) is 6.27. The smallest absolute Gasteiger partial charge is 0.407 e. The molecule has 2 aromatic carbocycles. The average molecular weight is 453 g/mol. The minimum absolute atomic E-state index is 0.00947. The Bertz CT molecular complexity index is 994. The van der Waals surface area contributed by atoms with Crippen LogP contribution in [0.5, 0.6) is 0 Å². The molecular formula is C25H28N2O6. The molecule has 8 nitrogen and oxygen atoms in total. The molecule has 1 aliphatic carbocycles. The molecule has 0 saturated carbocycles. The summed E-state index contributed by atoms with van der Waals surface area (Å²) in [4.78, 5) is 37.8. The number of fused-ring (bicyclic) bond motifs is 3. The number of hydrogen-bond acceptors (Lipinski definition) is 5. The van der Waals surface area contributed by atoms with Crippen LogP contribution in [0.2, 0.25) is 0 Å². The topological polar surface area (TPSA) is 105 Å². The largest absolute Gasteiger partial charge is 0.479 e. The van der Waals surface area contributed by atoms with Gasteiger partial charge in [0.25, 0.3) is 0 Å². The van der Waals surface area contributed by atoms with Crippen LogP contribution in [0.3, 0.4) is 0 Å². The molecule has 0 spiro atoms. The van der Waals surface area contributed by atoms with Gasteiger partial charge in [-0.1, -0.05) is 55.5 Å². The van der Waals surface area contributed by atoms with Crippen LogP contribution in [0.4, 0.5) is 4.79 Å². The lowest BCUT2D eigenvalue weighted by Crippen LogP contribution is -2.50. The summed E-state index contributed by atoms with van der Waals surface area (Å²) in [5, 5.41) is 11.9. The van der Waals surface area contributed by atoms with Gasteiger partial charge >= 0.3 is 12.1 Å². The predicted molar refractivity (Wildman–Crippen MR) is 121 cm³/mol. The summed E-state index contributed by atoms with van der Waals surface area (Å²) in [5.74, 6) is -1.34. The van der Waals surface area contributed by atoms with Crippen LogP contribution in [0.25, 0.3) is 11.1 Å². The standard InChI is InChI=1S/C25H28N2O6/c1-2-16(13-23(28)27-11-12-32-22(14-27)24(29)30)26-25(31)33-15-21-19-9-5-3-7-17(19)18-8-4-6-10-20(18)21/h3-10,16,21-22H,2,11-15H2,1H3,(H,26,31)(H,29,30)/t16-,22?/m0/s1. The zero-order valence-electron chi connectivity index (χ0n) is 18.5. The SMILES string of the molecule is CC[C@@H](CC(=O)N1CCOC(C(=O)O)C1)NC(=O)OCC1c2ccccc2-c2ccccc21. The molecule has 174 valence electrons. The van der Waals surface area contributed by atoms with E-state index >= 15 is 0 Å². The minimum atomic E-state index is -1.09. The van der Waals surface area contributed by atoms with Gasteiger partial charge in [0.15, 0.2) is 6.10 Å². The van der Waals surface area contributed by atoms with Gasteiger partial charge in [-0.25, -0.2) is 9.59 Å². The lowest BCUT2D eigenvalue weighted by Gasteiger charge is -2.32. The highest BCUT2D eigenvalue weighted by molar-refractivity contribution is 5.80. The first kappa shape index (κ1) is 22.8. The molecule has 0 radical (unpaired) electrons. The van der Waals surface area contributed by atoms with E-state index in [9.17, 15) is 14.4 Å². The summed E-state index contributed by atoms with van der Waals surface area (Å²) < 4.78 is 10.7. The van der Waals surface area contributed by atoms with Crippen molar-refractivity contribution in [3.63, 3.8) is 0 Å². The van der Waals surface area contributed by atoms with Gasteiger partial charge in [-0.15, -0.1) is 0 Å². The van der Waals surface area contributed by atoms with Gasteiger partial charge in [-0.2, -0.15) is 0 Å². The molecule has 8 heteroatoms. The molecule has 2 aliphatic rings. The number of carboxylic acid groups (broad SMARTS) is 1. The maximum Gasteiger partial charge on any atom is 0.407 e. The summed E-state index contributed by atoms with van der Waals surface area (Å²) in [6, 6.07) is 15.8. The number of amides is 2. The number of carboxylic acids is 1. The fraction of sp³-hybridized carbons (Fsp3) is 0.400. The molecule has 2 aromatic rings. The first-order valence-corrected chi connectivity index (χ1v) is 11.2. The highest BCUT2D eigenvalue weighted by atomic mass is 16.5. The lowest BCUT2D eigenvalue weighted by molar-refractivity contribution is -0.159. The van der Waals surface area contributed by atoms with E-state index in [1.165, 1.54) is 4.90 Å². The van der Waals surface area contributed by atoms with Crippen molar-refractivity contribution >= 4 is 18.0 Å². The number of alkyl carbamates (subject to hydrolysis) is 1. The number of nitrogens with zero attached hydrogens (tertiary/aromatic N) is 1. The van der Waals surface area contributed by atoms with Crippen molar-refractivity contribution in [2.45, 2.75) is 37.8 Å². The Morgan fingerprint density at radius 1 is 1.12 bits per heavy atom. The number of carbonyl (C=O) groups excluding carboxylic acids is 2. The summed E-state index contributed by atoms with van der Waals surface area (Å²) in [7, 11) is 0. The van der Waals surface area contributed by atoms with E-state index in [0.29, 0.717) is 13.0 Å². The molecule has 1 saturated heterocycles. The molecule has 0 bridgehead atoms. The zero-order chi connectivity index (χ0) is 23.4. The van der Waals surface area contributed by atoms with Gasteiger partial charge in [0.05, 0.1) is 13.2 Å². The van der Waals surface area contributed by atoms with E-state index in [2.05, 4.69) is 29.6 Å². The number of aliphatic carboxylic acids is 1. The Balaban J connectivity index is 1.33. The number of rotatable bonds is 7. The molecule has 4 rings (SSSR count). The quantitative estimate of drug-likeness (QED) is 0.669. The third-order valence-electron chi connectivity index (χ3n) is 6.27. The second-order valence-electron chi connectivity index (χ2n) is 8.32. The van der Waals surface area contributed by atoms with Gasteiger partial charge in [0, 0.05) is 24.9 Å². The highest BCUT2D eigenvalue weighted by Crippen LogP contribution is 2.44. The minimum Gasteiger partial charge on any atom is -0.479 e. The zero-order valence-corrected chi connectivity index (χ0v) is 18.5. The van der Waals surface area contributed by atoms with Crippen molar-refractivity contribution in [1.82, 2.24) is 10.2 Å². The number of nitrogens with one attached hydrogen (secondary N) is 1. The van der Waals surface area contributed by atoms with E-state index in [1.807, 2.05) is 31.2 Å². The fourth-order valence-corrected chi connectivity index (χ4v) is 4.47. The number of carbonyl (C=O) groups is 3. The van der Waals surface area contributed by atoms with Crippen LogP contribution < -0.4 is 5.32 Å². The van der Waals surface area contributed by atoms with Gasteiger partial charge < -0.3 is 24.8 Å². The molecule has 33 heavy (non-hydrogen) atoms. The summed E-state index contributed by atoms with van der Waals surface area (Å²) >= 11 is 0. The Hall–Kier alpha value is -3.39. The van der Waals surface area contributed by atoms with Crippen molar-refractivity contribution in [3.05, 3.63) is 59.7 Å². The molecule has 2 amide bonds. The number of morpholine rings is 1. The number of ether oxygens (including phenoxy) is 2. The molecular weight excluding hydrogens is 424 g/mol. The highest BCUT2D eigenvalue weighted by Gasteiger charge is 2.31. The Kier molecular flexibility index (Phi) is 6.93. The van der Waals surface area contributed by atoms with Crippen LogP contribution in [0.15, 0.2) is 48.5 Å². The van der Waals surface area contributed by atoms with Crippen molar-refractivity contribution in [3.8, 4) is 11.1 Å². The normalized spacial score (nSPS) is 18.2. The van der Waals surface area contributed by atoms with Gasteiger partial charge in [-0.05, 0) is 28.7 Å². The number of hydrogen-bond donors (Lipinski definition) is 2. The van der Waals surface area contributed by atoms with Crippen LogP contribution in [-0.2, 0) is 19.1 Å². The van der Waals surface area contributed by atoms with Crippen molar-refractivity contribution in [2.24, 2.45) is 0 Å². The first-order valence-electron chi connectivity index (χ1n) is 11.2. The molecule has 1 heterocycles. The van der Waals surface area contributed by atoms with Crippen LogP contribution in [0.1, 0.15) is 36.8 Å². The monoisotopic (exact) mass is 452 g/mol. The van der Waals surface area contributed by atoms with Crippen molar-refractivity contribution in [2.75, 3.05) is 26.3 Å². The molecule has 1 unspecified atom stereocenters. The van der Waals surface area contributed by atoms with E-state index < -0.39 is 24.2 Å². The van der Waals surface area contributed by atoms with Crippen LogP contribution >= 0.6 is 0 Å². The average Bonchev–Trinajstić information content (AvgIpc) is 3.16. The van der Waals surface area contributed by atoms with Crippen molar-refractivity contribution in [1.29, 1.82) is 0 Å². The molecule has 2 atom stereocenters. The second kappa shape index (κ2) is 10.0. The van der Waals surface area contributed by atoms with Gasteiger partial charge in [-0.3, -0.25) is 4.79 Å². The summed E-state index contributed by atoms with van der Waals surface area (Å²) in [6.45, 7) is 2.61. The predicted octanol–water partition coefficient (Wildman–Crippen LogP) is 3.01. The molecule has 0 aromatic heterocycles. The van der Waals surface area contributed by atoms with Gasteiger partial charge in [0.2, 0.25) is 5.91 Å². The molecule has 2 N–H and O–H groups in total. The van der Waals surface area contributed by atoms with Crippen molar-refractivity contribution < 1.29 is 29.0 Å². The van der Waals surface area contributed by atoms with E-state index in [-0.39, 0.29) is 38.0 Å². The summed E-state index contributed by atoms with van der Waals surface area (Å²) in [5.41, 5.74) is 4.58. The van der Waals surface area contributed by atoms with Crippen LogP contribution in [0, 0.1) is 0 Å². The Morgan fingerprint density at radius 2 is 1.76 bits per heavy atom. The van der Waals surface area contributed by atoms with Gasteiger partial charge in [0.1, 0.15) is 6.61 Å². The molecule has 1 aliphatic heterocycles. The third kappa shape index (κ3) is 5.01.